The summed E-state index contributed by atoms with van der Waals surface area (Å²) in [4.78, 5) is 0. The Balaban J connectivity index is 3.21. The molecular weight excluding hydrogens is 155 g/mol. The van der Waals surface area contributed by atoms with Gasteiger partial charge in [0.2, 0.25) is 0 Å². The van der Waals surface area contributed by atoms with E-state index in [-0.39, 0.29) is 6.54 Å². The minimum atomic E-state index is -1.43. The molecule has 1 aromatic carbocycles. The van der Waals surface area contributed by atoms with Gasteiger partial charge in [-0.15, -0.1) is 0 Å². The highest BCUT2D eigenvalue weighted by Crippen LogP contribution is 2.12. The number of quaternary nitrogens is 1. The summed E-state index contributed by atoms with van der Waals surface area (Å²) in [6.07, 6.45) is 0. The zero-order valence-electron chi connectivity index (χ0n) is 5.70. The highest BCUT2D eigenvalue weighted by molar-refractivity contribution is 5.18. The van der Waals surface area contributed by atoms with Crippen LogP contribution in [0.1, 0.15) is 5.56 Å². The Labute approximate surface area is 61.6 Å². The molecule has 0 heterocycles. The third kappa shape index (κ3) is 1.51. The minimum absolute atomic E-state index is 0.244. The molecule has 0 unspecified atom stereocenters. The van der Waals surface area contributed by atoms with Crippen molar-refractivity contribution in [3.8, 4) is 0 Å². The zero-order chi connectivity index (χ0) is 8.43. The van der Waals surface area contributed by atoms with Crippen molar-refractivity contribution in [2.45, 2.75) is 6.54 Å². The monoisotopic (exact) mass is 162 g/mol. The van der Waals surface area contributed by atoms with E-state index in [4.69, 9.17) is 0 Å². The maximum atomic E-state index is 12.4. The second-order valence-electron chi connectivity index (χ2n) is 2.12. The van der Waals surface area contributed by atoms with Crippen LogP contribution in [0.2, 0.25) is 0 Å². The van der Waals surface area contributed by atoms with Crippen LogP contribution in [-0.4, -0.2) is 0 Å². The van der Waals surface area contributed by atoms with E-state index < -0.39 is 17.5 Å². The van der Waals surface area contributed by atoms with Crippen molar-refractivity contribution in [3.63, 3.8) is 0 Å². The van der Waals surface area contributed by atoms with Gasteiger partial charge in [0.05, 0.1) is 6.54 Å². The quantitative estimate of drug-likeness (QED) is 0.593. The lowest BCUT2D eigenvalue weighted by molar-refractivity contribution is -0.386. The van der Waals surface area contributed by atoms with Crippen LogP contribution < -0.4 is 5.73 Å². The number of hydrogen-bond acceptors (Lipinski definition) is 0. The fourth-order valence-electron chi connectivity index (χ4n) is 0.752. The number of halogens is 3. The Morgan fingerprint density at radius 1 is 1.09 bits per heavy atom. The van der Waals surface area contributed by atoms with E-state index in [1.165, 1.54) is 0 Å². The van der Waals surface area contributed by atoms with Crippen molar-refractivity contribution in [1.29, 1.82) is 0 Å². The smallest absolute Gasteiger partial charge is 0.194 e. The van der Waals surface area contributed by atoms with Gasteiger partial charge in [-0.25, -0.2) is 13.2 Å². The molecule has 0 aromatic heterocycles. The van der Waals surface area contributed by atoms with E-state index in [1.54, 1.807) is 0 Å². The first-order valence-electron chi connectivity index (χ1n) is 3.08. The summed E-state index contributed by atoms with van der Waals surface area (Å²) in [6, 6.07) is 1.87. The fourth-order valence-corrected chi connectivity index (χ4v) is 0.752. The third-order valence-electron chi connectivity index (χ3n) is 1.33. The van der Waals surface area contributed by atoms with Crippen molar-refractivity contribution in [1.82, 2.24) is 0 Å². The Kier molecular flexibility index (Phi) is 2.14. The molecule has 1 rings (SSSR count). The van der Waals surface area contributed by atoms with Crippen molar-refractivity contribution < 1.29 is 18.9 Å². The summed E-state index contributed by atoms with van der Waals surface area (Å²) in [7, 11) is 0. The molecule has 0 spiro atoms. The van der Waals surface area contributed by atoms with Crippen LogP contribution in [0.3, 0.4) is 0 Å². The molecular formula is C7H7F3N+. The van der Waals surface area contributed by atoms with E-state index in [0.29, 0.717) is 5.56 Å². The minimum Gasteiger partial charge on any atom is -0.354 e. The van der Waals surface area contributed by atoms with Gasteiger partial charge in [0, 0.05) is 5.56 Å². The van der Waals surface area contributed by atoms with Gasteiger partial charge in [0.1, 0.15) is 0 Å². The molecule has 3 N–H and O–H groups in total. The molecule has 60 valence electrons. The lowest BCUT2D eigenvalue weighted by Gasteiger charge is -1.97. The van der Waals surface area contributed by atoms with Gasteiger partial charge in [0.15, 0.2) is 17.5 Å². The molecule has 4 heteroatoms. The molecule has 0 radical (unpaired) electrons. The van der Waals surface area contributed by atoms with Crippen molar-refractivity contribution >= 4 is 0 Å². The first-order chi connectivity index (χ1) is 5.15. The van der Waals surface area contributed by atoms with E-state index in [9.17, 15) is 13.2 Å². The summed E-state index contributed by atoms with van der Waals surface area (Å²) in [5, 5.41) is 0. The highest BCUT2D eigenvalue weighted by atomic mass is 19.2. The molecule has 0 saturated carbocycles. The lowest BCUT2D eigenvalue weighted by Crippen LogP contribution is -2.47. The second-order valence-corrected chi connectivity index (χ2v) is 2.12. The maximum absolute atomic E-state index is 12.4. The van der Waals surface area contributed by atoms with E-state index in [1.807, 2.05) is 0 Å². The van der Waals surface area contributed by atoms with Crippen LogP contribution in [0.25, 0.3) is 0 Å². The fraction of sp³-hybridized carbons (Fsp3) is 0.143. The van der Waals surface area contributed by atoms with Gasteiger partial charge < -0.3 is 5.73 Å². The Bertz CT molecular complexity index is 249. The summed E-state index contributed by atoms with van der Waals surface area (Å²) < 4.78 is 37.0. The van der Waals surface area contributed by atoms with Crippen LogP contribution in [0, 0.1) is 17.5 Å². The number of benzene rings is 1. The maximum Gasteiger partial charge on any atom is 0.194 e. The van der Waals surface area contributed by atoms with Crippen molar-refractivity contribution in [2.24, 2.45) is 0 Å². The standard InChI is InChI=1S/C7H6F3N/c8-5-1-4(3-11)2-6(9)7(5)10/h1-2H,3,11H2/p+1. The van der Waals surface area contributed by atoms with Gasteiger partial charge in [-0.3, -0.25) is 0 Å². The van der Waals surface area contributed by atoms with Gasteiger partial charge in [-0.1, -0.05) is 0 Å². The largest absolute Gasteiger partial charge is 0.354 e. The molecule has 11 heavy (non-hydrogen) atoms. The second kappa shape index (κ2) is 2.92. The molecule has 1 aromatic rings. The SMILES string of the molecule is [NH3+]Cc1cc(F)c(F)c(F)c1. The van der Waals surface area contributed by atoms with E-state index >= 15 is 0 Å². The molecule has 0 saturated heterocycles. The summed E-state index contributed by atoms with van der Waals surface area (Å²) in [5.74, 6) is -3.76. The van der Waals surface area contributed by atoms with Crippen molar-refractivity contribution in [2.75, 3.05) is 0 Å². The van der Waals surface area contributed by atoms with Gasteiger partial charge >= 0.3 is 0 Å². The molecule has 0 amide bonds. The van der Waals surface area contributed by atoms with Gasteiger partial charge in [0.25, 0.3) is 0 Å². The summed E-state index contributed by atoms with van der Waals surface area (Å²) in [6.45, 7) is 0.244. The topological polar surface area (TPSA) is 27.6 Å². The van der Waals surface area contributed by atoms with E-state index in [0.717, 1.165) is 12.1 Å². The molecule has 0 bridgehead atoms. The molecule has 0 aliphatic heterocycles. The predicted octanol–water partition coefficient (Wildman–Crippen LogP) is 0.846. The van der Waals surface area contributed by atoms with Crippen LogP contribution in [0.4, 0.5) is 13.2 Å². The van der Waals surface area contributed by atoms with Crippen LogP contribution >= 0.6 is 0 Å². The average molecular weight is 162 g/mol. The normalized spacial score (nSPS) is 10.2. The first kappa shape index (κ1) is 8.07. The zero-order valence-corrected chi connectivity index (χ0v) is 5.70. The molecule has 0 aliphatic rings. The summed E-state index contributed by atoms with van der Waals surface area (Å²) in [5.41, 5.74) is 3.76. The number of hydrogen-bond donors (Lipinski definition) is 1. The van der Waals surface area contributed by atoms with E-state index in [2.05, 4.69) is 5.73 Å². The van der Waals surface area contributed by atoms with Crippen molar-refractivity contribution in [3.05, 3.63) is 35.1 Å². The van der Waals surface area contributed by atoms with Crippen LogP contribution in [-0.2, 0) is 6.54 Å². The lowest BCUT2D eigenvalue weighted by atomic mass is 10.2. The Morgan fingerprint density at radius 2 is 1.55 bits per heavy atom. The molecule has 0 atom stereocenters. The molecule has 0 aliphatic carbocycles. The first-order valence-corrected chi connectivity index (χ1v) is 3.08. The summed E-state index contributed by atoms with van der Waals surface area (Å²) >= 11 is 0. The highest BCUT2D eigenvalue weighted by Gasteiger charge is 2.09. The van der Waals surface area contributed by atoms with Crippen LogP contribution in [0.15, 0.2) is 12.1 Å². The number of rotatable bonds is 1. The third-order valence-corrected chi connectivity index (χ3v) is 1.33. The van der Waals surface area contributed by atoms with Gasteiger partial charge in [-0.05, 0) is 12.1 Å². The Morgan fingerprint density at radius 3 is 1.91 bits per heavy atom. The molecule has 0 fully saturated rings. The predicted molar refractivity (Wildman–Crippen MR) is 32.9 cm³/mol. The average Bonchev–Trinajstić information content (AvgIpc) is 1.99. The molecule has 1 nitrogen and oxygen atoms in total. The van der Waals surface area contributed by atoms with Crippen LogP contribution in [0.5, 0.6) is 0 Å². The Hall–Kier alpha value is -1.03. The van der Waals surface area contributed by atoms with Gasteiger partial charge in [-0.2, -0.15) is 0 Å².